The van der Waals surface area contributed by atoms with E-state index in [1.165, 1.54) is 0 Å². The highest BCUT2D eigenvalue weighted by molar-refractivity contribution is 7.51. The van der Waals surface area contributed by atoms with Crippen LogP contribution in [0.2, 0.25) is 0 Å². The molecular weight excluding hydrogens is 354 g/mol. The molecule has 0 saturated carbocycles. The van der Waals surface area contributed by atoms with E-state index in [1.807, 2.05) is 0 Å². The molecule has 2 N–H and O–H groups in total. The molecule has 0 rings (SSSR count). The fourth-order valence-corrected chi connectivity index (χ4v) is 3.03. The van der Waals surface area contributed by atoms with Crippen molar-refractivity contribution in [1.82, 2.24) is 0 Å². The second-order valence-corrected chi connectivity index (χ2v) is 8.01. The van der Waals surface area contributed by atoms with Gasteiger partial charge in [0.15, 0.2) is 0 Å². The number of rotatable bonds is 14. The third-order valence-electron chi connectivity index (χ3n) is 3.85. The first-order valence-corrected chi connectivity index (χ1v) is 10.2. The summed E-state index contributed by atoms with van der Waals surface area (Å²) in [4.78, 5) is 17.4. The Morgan fingerprint density at radius 3 is 1.29 bits per heavy atom. The number of halogens is 5. The maximum Gasteiger partial charge on any atom is 0.453 e. The number of hydrogen-bond donors (Lipinski definition) is 2. The summed E-state index contributed by atoms with van der Waals surface area (Å²) in [7, 11) is -3.87. The van der Waals surface area contributed by atoms with Crippen LogP contribution < -0.4 is 0 Å². The largest absolute Gasteiger partial charge is 0.453 e. The van der Waals surface area contributed by atoms with Crippen LogP contribution in [0.1, 0.15) is 77.0 Å². The molecular formula is C15H28F5O3P. The highest BCUT2D eigenvalue weighted by Gasteiger charge is 2.56. The van der Waals surface area contributed by atoms with E-state index in [9.17, 15) is 26.5 Å². The third-order valence-corrected chi connectivity index (χ3v) is 4.75. The topological polar surface area (TPSA) is 57.5 Å². The Balaban J connectivity index is 3.34. The van der Waals surface area contributed by atoms with E-state index in [1.54, 1.807) is 0 Å². The molecule has 0 aromatic carbocycles. The van der Waals surface area contributed by atoms with Crippen LogP contribution in [-0.2, 0) is 4.57 Å². The maximum absolute atomic E-state index is 12.6. The molecule has 0 aliphatic rings. The van der Waals surface area contributed by atoms with Gasteiger partial charge in [0.2, 0.25) is 0 Å². The van der Waals surface area contributed by atoms with Crippen molar-refractivity contribution < 1.29 is 36.3 Å². The Morgan fingerprint density at radius 1 is 0.625 bits per heavy atom. The minimum absolute atomic E-state index is 0.0691. The molecule has 0 aliphatic heterocycles. The van der Waals surface area contributed by atoms with E-state index in [-0.39, 0.29) is 12.6 Å². The van der Waals surface area contributed by atoms with E-state index in [0.717, 1.165) is 44.9 Å². The van der Waals surface area contributed by atoms with Crippen LogP contribution in [0.15, 0.2) is 0 Å². The van der Waals surface area contributed by atoms with Gasteiger partial charge in [-0.2, -0.15) is 22.0 Å². The fourth-order valence-electron chi connectivity index (χ4n) is 2.40. The normalized spacial score (nSPS) is 13.5. The molecule has 0 aliphatic carbocycles. The summed E-state index contributed by atoms with van der Waals surface area (Å²) in [6.07, 6.45) is 1.24. The van der Waals surface area contributed by atoms with E-state index >= 15 is 0 Å². The van der Waals surface area contributed by atoms with Gasteiger partial charge in [-0.25, -0.2) is 0 Å². The van der Waals surface area contributed by atoms with Crippen LogP contribution in [0.25, 0.3) is 0 Å². The van der Waals surface area contributed by atoms with Crippen molar-refractivity contribution in [2.75, 3.05) is 6.16 Å². The van der Waals surface area contributed by atoms with Crippen LogP contribution in [0.3, 0.4) is 0 Å². The van der Waals surface area contributed by atoms with E-state index in [2.05, 4.69) is 0 Å². The lowest BCUT2D eigenvalue weighted by Gasteiger charge is -2.19. The quantitative estimate of drug-likeness (QED) is 0.219. The second-order valence-electron chi connectivity index (χ2n) is 6.23. The summed E-state index contributed by atoms with van der Waals surface area (Å²) in [6.45, 7) is 0. The van der Waals surface area contributed by atoms with Crippen molar-refractivity contribution in [3.8, 4) is 0 Å². The zero-order valence-corrected chi connectivity index (χ0v) is 14.7. The molecule has 146 valence electrons. The lowest BCUT2D eigenvalue weighted by Crippen LogP contribution is -2.36. The molecule has 0 fully saturated rings. The van der Waals surface area contributed by atoms with Gasteiger partial charge in [0.05, 0.1) is 0 Å². The summed E-state index contributed by atoms with van der Waals surface area (Å²) < 4.78 is 71.7. The zero-order chi connectivity index (χ0) is 18.7. The smallest absolute Gasteiger partial charge is 0.324 e. The molecule has 24 heavy (non-hydrogen) atoms. The molecule has 0 unspecified atom stereocenters. The molecule has 0 amide bonds. The van der Waals surface area contributed by atoms with Gasteiger partial charge in [-0.05, 0) is 12.8 Å². The first-order valence-electron chi connectivity index (χ1n) is 8.45. The molecule has 0 bridgehead atoms. The highest BCUT2D eigenvalue weighted by atomic mass is 31.2. The standard InChI is InChI=1S/C15H28F5O3P/c16-14(17,15(18,19)20)12-10-8-6-4-2-1-3-5-7-9-11-13-24(21,22)23/h1-13H2,(H2,21,22,23). The highest BCUT2D eigenvalue weighted by Crippen LogP contribution is 2.39. The lowest BCUT2D eigenvalue weighted by atomic mass is 10.0. The summed E-state index contributed by atoms with van der Waals surface area (Å²) in [5.41, 5.74) is 0. The number of hydrogen-bond acceptors (Lipinski definition) is 1. The minimum Gasteiger partial charge on any atom is -0.324 e. The second kappa shape index (κ2) is 11.4. The molecule has 0 radical (unpaired) electrons. The lowest BCUT2D eigenvalue weighted by molar-refractivity contribution is -0.284. The van der Waals surface area contributed by atoms with Gasteiger partial charge in [-0.15, -0.1) is 0 Å². The Bertz CT molecular complexity index is 369. The van der Waals surface area contributed by atoms with E-state index < -0.39 is 26.1 Å². The van der Waals surface area contributed by atoms with Gasteiger partial charge in [-0.3, -0.25) is 4.57 Å². The van der Waals surface area contributed by atoms with Crippen LogP contribution in [0.4, 0.5) is 22.0 Å². The molecule has 0 aromatic heterocycles. The van der Waals surface area contributed by atoms with Crippen molar-refractivity contribution >= 4 is 7.60 Å². The molecule has 0 spiro atoms. The van der Waals surface area contributed by atoms with Gasteiger partial charge in [0.25, 0.3) is 0 Å². The fraction of sp³-hybridized carbons (Fsp3) is 1.00. The Hall–Kier alpha value is -0.200. The van der Waals surface area contributed by atoms with E-state index in [0.29, 0.717) is 19.3 Å². The van der Waals surface area contributed by atoms with Crippen molar-refractivity contribution in [1.29, 1.82) is 0 Å². The van der Waals surface area contributed by atoms with Crippen LogP contribution in [0.5, 0.6) is 0 Å². The zero-order valence-electron chi connectivity index (χ0n) is 13.8. The summed E-state index contributed by atoms with van der Waals surface area (Å²) in [5.74, 6) is -4.58. The number of alkyl halides is 5. The van der Waals surface area contributed by atoms with Gasteiger partial charge in [-0.1, -0.05) is 57.8 Å². The SMILES string of the molecule is O=P(O)(O)CCCCCCCCCCCCCC(F)(F)C(F)(F)F. The molecule has 9 heteroatoms. The maximum atomic E-state index is 12.6. The van der Waals surface area contributed by atoms with Gasteiger partial charge < -0.3 is 9.79 Å². The van der Waals surface area contributed by atoms with Gasteiger partial charge in [0.1, 0.15) is 0 Å². The van der Waals surface area contributed by atoms with Crippen molar-refractivity contribution in [2.45, 2.75) is 89.1 Å². The molecule has 3 nitrogen and oxygen atoms in total. The monoisotopic (exact) mass is 382 g/mol. The number of unbranched alkanes of at least 4 members (excludes halogenated alkanes) is 10. The first-order chi connectivity index (χ1) is 11.0. The van der Waals surface area contributed by atoms with Gasteiger partial charge >= 0.3 is 19.7 Å². The van der Waals surface area contributed by atoms with Crippen molar-refractivity contribution in [3.63, 3.8) is 0 Å². The van der Waals surface area contributed by atoms with Gasteiger partial charge in [0, 0.05) is 12.6 Å². The minimum atomic E-state index is -5.45. The van der Waals surface area contributed by atoms with Crippen molar-refractivity contribution in [2.24, 2.45) is 0 Å². The van der Waals surface area contributed by atoms with E-state index in [4.69, 9.17) is 9.79 Å². The third kappa shape index (κ3) is 13.1. The summed E-state index contributed by atoms with van der Waals surface area (Å²) >= 11 is 0. The Labute approximate surface area is 140 Å². The molecule has 0 atom stereocenters. The summed E-state index contributed by atoms with van der Waals surface area (Å²) in [6, 6.07) is 0. The average molecular weight is 382 g/mol. The average Bonchev–Trinajstić information content (AvgIpc) is 2.41. The Kier molecular flexibility index (Phi) is 11.3. The predicted octanol–water partition coefficient (Wildman–Crippen LogP) is 6.04. The van der Waals surface area contributed by atoms with Crippen LogP contribution in [-0.4, -0.2) is 28.0 Å². The van der Waals surface area contributed by atoms with Crippen molar-refractivity contribution in [3.05, 3.63) is 0 Å². The summed E-state index contributed by atoms with van der Waals surface area (Å²) in [5, 5.41) is 0. The predicted molar refractivity (Wildman–Crippen MR) is 83.3 cm³/mol. The van der Waals surface area contributed by atoms with Crippen LogP contribution in [0, 0.1) is 0 Å². The first kappa shape index (κ1) is 23.8. The molecule has 0 saturated heterocycles. The molecule has 0 aromatic rings. The van der Waals surface area contributed by atoms with Crippen LogP contribution >= 0.6 is 7.60 Å². The Morgan fingerprint density at radius 2 is 0.958 bits per heavy atom. The molecule has 0 heterocycles.